The summed E-state index contributed by atoms with van der Waals surface area (Å²) in [5, 5.41) is 15.4. The van der Waals surface area contributed by atoms with E-state index in [0.717, 1.165) is 41.9 Å². The zero-order valence-electron chi connectivity index (χ0n) is 19.3. The molecule has 0 spiro atoms. The lowest BCUT2D eigenvalue weighted by Crippen LogP contribution is -2.41. The molecule has 1 atom stereocenters. The van der Waals surface area contributed by atoms with Crippen LogP contribution >= 0.6 is 12.4 Å². The molecule has 35 heavy (non-hydrogen) atoms. The number of carboxylic acids is 1. The van der Waals surface area contributed by atoms with Gasteiger partial charge in [-0.2, -0.15) is 0 Å². The molecule has 0 saturated heterocycles. The second kappa shape index (κ2) is 12.2. The van der Waals surface area contributed by atoms with Gasteiger partial charge in [0.15, 0.2) is 0 Å². The lowest BCUT2D eigenvalue weighted by atomic mass is 9.90. The fourth-order valence-corrected chi connectivity index (χ4v) is 4.31. The summed E-state index contributed by atoms with van der Waals surface area (Å²) < 4.78 is 0. The second-order valence-corrected chi connectivity index (χ2v) is 8.48. The molecule has 0 aliphatic carbocycles. The maximum absolute atomic E-state index is 13.0. The number of hydrogen-bond acceptors (Lipinski definition) is 5. The van der Waals surface area contributed by atoms with E-state index in [2.05, 4.69) is 20.6 Å². The number of nitrogens with zero attached hydrogens (tertiary/aromatic N) is 2. The Morgan fingerprint density at radius 2 is 1.83 bits per heavy atom. The summed E-state index contributed by atoms with van der Waals surface area (Å²) in [6.07, 6.45) is 2.11. The van der Waals surface area contributed by atoms with Crippen molar-refractivity contribution in [2.45, 2.75) is 31.6 Å². The summed E-state index contributed by atoms with van der Waals surface area (Å²) in [5.74, 6) is -0.856. The number of amides is 2. The van der Waals surface area contributed by atoms with Crippen LogP contribution in [-0.2, 0) is 9.59 Å². The fraction of sp³-hybridized carbons (Fsp3) is 0.360. The highest BCUT2D eigenvalue weighted by molar-refractivity contribution is 5.98. The predicted octanol–water partition coefficient (Wildman–Crippen LogP) is 3.40. The van der Waals surface area contributed by atoms with Gasteiger partial charge in [-0.25, -0.2) is 4.98 Å². The second-order valence-electron chi connectivity index (χ2n) is 8.48. The van der Waals surface area contributed by atoms with Crippen LogP contribution in [0.5, 0.6) is 0 Å². The molecule has 2 aromatic carbocycles. The molecule has 0 radical (unpaired) electrons. The van der Waals surface area contributed by atoms with Gasteiger partial charge in [-0.1, -0.05) is 30.3 Å². The van der Waals surface area contributed by atoms with Crippen LogP contribution in [0.15, 0.2) is 48.5 Å². The number of aliphatic carboxylic acids is 1. The lowest BCUT2D eigenvalue weighted by Gasteiger charge is -2.20. The number of H-pyrrole nitrogens is 1. The number of aromatic nitrogens is 2. The number of hydrogen-bond donors (Lipinski definition) is 4. The van der Waals surface area contributed by atoms with Crippen molar-refractivity contribution in [3.8, 4) is 0 Å². The van der Waals surface area contributed by atoms with Crippen molar-refractivity contribution in [2.75, 3.05) is 31.5 Å². The number of fused-ring (bicyclic) bond motifs is 2. The van der Waals surface area contributed by atoms with Gasteiger partial charge < -0.3 is 25.6 Å². The maximum atomic E-state index is 13.0. The van der Waals surface area contributed by atoms with Crippen molar-refractivity contribution in [3.63, 3.8) is 0 Å². The first-order chi connectivity index (χ1) is 16.5. The first kappa shape index (κ1) is 26.0. The van der Waals surface area contributed by atoms with Crippen molar-refractivity contribution in [1.82, 2.24) is 20.2 Å². The first-order valence-corrected chi connectivity index (χ1v) is 11.6. The molecule has 1 unspecified atom stereocenters. The third kappa shape index (κ3) is 6.73. The number of nitrogens with one attached hydrogen (secondary N) is 3. The standard InChI is InChI=1S/C25H29N5O4.ClH/c31-22(26-12-5-6-13-27-25-28-20-9-3-4-10-21(20)29-25)16-30-14-11-17(15-23(32)33)18-7-1-2-8-19(18)24(30)34;/h1-4,7-10,17H,5-6,11-16H2,(H,26,31)(H,32,33)(H2,27,28,29);1H. The van der Waals surface area contributed by atoms with E-state index in [-0.39, 0.29) is 43.1 Å². The quantitative estimate of drug-likeness (QED) is 0.317. The Morgan fingerprint density at radius 3 is 2.63 bits per heavy atom. The summed E-state index contributed by atoms with van der Waals surface area (Å²) >= 11 is 0. The van der Waals surface area contributed by atoms with Gasteiger partial charge in [-0.05, 0) is 48.9 Å². The summed E-state index contributed by atoms with van der Waals surface area (Å²) in [7, 11) is 0. The average molecular weight is 500 g/mol. The maximum Gasteiger partial charge on any atom is 0.303 e. The highest BCUT2D eigenvalue weighted by atomic mass is 35.5. The molecule has 4 N–H and O–H groups in total. The van der Waals surface area contributed by atoms with Gasteiger partial charge in [0, 0.05) is 25.2 Å². The molecule has 9 nitrogen and oxygen atoms in total. The van der Waals surface area contributed by atoms with E-state index in [1.165, 1.54) is 4.90 Å². The largest absolute Gasteiger partial charge is 0.481 e. The molecule has 2 amide bonds. The number of unbranched alkanes of at least 4 members (excludes halogenated alkanes) is 1. The van der Waals surface area contributed by atoms with Gasteiger partial charge in [-0.3, -0.25) is 14.4 Å². The molecule has 186 valence electrons. The number of aromatic amines is 1. The van der Waals surface area contributed by atoms with E-state index >= 15 is 0 Å². The van der Waals surface area contributed by atoms with E-state index < -0.39 is 5.97 Å². The Labute approximate surface area is 209 Å². The number of rotatable bonds is 10. The average Bonchev–Trinajstić information content (AvgIpc) is 3.20. The number of anilines is 1. The van der Waals surface area contributed by atoms with E-state index in [1.54, 1.807) is 12.1 Å². The minimum Gasteiger partial charge on any atom is -0.481 e. The number of para-hydroxylation sites is 2. The Bertz CT molecular complexity index is 1150. The van der Waals surface area contributed by atoms with Crippen LogP contribution in [-0.4, -0.2) is 63.9 Å². The Kier molecular flexibility index (Phi) is 9.08. The van der Waals surface area contributed by atoms with Crippen LogP contribution in [0, 0.1) is 0 Å². The molecule has 1 aromatic heterocycles. The van der Waals surface area contributed by atoms with Crippen LogP contribution in [0.4, 0.5) is 5.95 Å². The van der Waals surface area contributed by atoms with Crippen LogP contribution in [0.1, 0.15) is 47.5 Å². The summed E-state index contributed by atoms with van der Waals surface area (Å²) in [4.78, 5) is 45.9. The SMILES string of the molecule is Cl.O=C(O)CC1CCN(CC(=O)NCCCCNc2nc3ccccc3[nH]2)C(=O)c2ccccc21. The normalized spacial score (nSPS) is 15.1. The third-order valence-corrected chi connectivity index (χ3v) is 6.03. The molecular formula is C25H30ClN5O4. The number of carboxylic acid groups (broad SMARTS) is 1. The predicted molar refractivity (Wildman–Crippen MR) is 136 cm³/mol. The molecule has 10 heteroatoms. The zero-order valence-corrected chi connectivity index (χ0v) is 20.1. The van der Waals surface area contributed by atoms with Gasteiger partial charge in [0.2, 0.25) is 11.9 Å². The monoisotopic (exact) mass is 499 g/mol. The molecule has 1 aliphatic rings. The summed E-state index contributed by atoms with van der Waals surface area (Å²) in [6, 6.07) is 14.9. The van der Waals surface area contributed by atoms with Gasteiger partial charge in [0.1, 0.15) is 0 Å². The summed E-state index contributed by atoms with van der Waals surface area (Å²) in [5.41, 5.74) is 3.12. The number of carbonyl (C=O) groups excluding carboxylic acids is 2. The van der Waals surface area contributed by atoms with Gasteiger partial charge >= 0.3 is 5.97 Å². The van der Waals surface area contributed by atoms with Crippen LogP contribution in [0.3, 0.4) is 0 Å². The molecule has 0 fully saturated rings. The van der Waals surface area contributed by atoms with E-state index in [0.29, 0.717) is 25.1 Å². The number of halogens is 1. The lowest BCUT2D eigenvalue weighted by molar-refractivity contribution is -0.137. The van der Waals surface area contributed by atoms with Crippen LogP contribution < -0.4 is 10.6 Å². The third-order valence-electron chi connectivity index (χ3n) is 6.03. The van der Waals surface area contributed by atoms with E-state index in [4.69, 9.17) is 0 Å². The van der Waals surface area contributed by atoms with Crippen molar-refractivity contribution in [2.24, 2.45) is 0 Å². The van der Waals surface area contributed by atoms with E-state index in [1.807, 2.05) is 36.4 Å². The minimum atomic E-state index is -0.895. The Hall–Kier alpha value is -3.59. The topological polar surface area (TPSA) is 127 Å². The highest BCUT2D eigenvalue weighted by Gasteiger charge is 2.29. The molecule has 1 aliphatic heterocycles. The number of carbonyl (C=O) groups is 3. The van der Waals surface area contributed by atoms with Gasteiger partial charge in [0.25, 0.3) is 5.91 Å². The molecule has 0 saturated carbocycles. The molecule has 2 heterocycles. The number of imidazole rings is 1. The van der Waals surface area contributed by atoms with Crippen molar-refractivity contribution in [1.29, 1.82) is 0 Å². The van der Waals surface area contributed by atoms with Gasteiger partial charge in [-0.15, -0.1) is 12.4 Å². The Balaban J connectivity index is 0.00000342. The zero-order chi connectivity index (χ0) is 23.9. The van der Waals surface area contributed by atoms with Crippen LogP contribution in [0.25, 0.3) is 11.0 Å². The highest BCUT2D eigenvalue weighted by Crippen LogP contribution is 2.31. The smallest absolute Gasteiger partial charge is 0.303 e. The summed E-state index contributed by atoms with van der Waals surface area (Å²) in [6.45, 7) is 1.55. The fourth-order valence-electron chi connectivity index (χ4n) is 4.31. The Morgan fingerprint density at radius 1 is 1.09 bits per heavy atom. The molecule has 0 bridgehead atoms. The van der Waals surface area contributed by atoms with Crippen LogP contribution in [0.2, 0.25) is 0 Å². The van der Waals surface area contributed by atoms with E-state index in [9.17, 15) is 19.5 Å². The van der Waals surface area contributed by atoms with Crippen molar-refractivity contribution >= 4 is 47.2 Å². The number of benzene rings is 2. The molecule has 4 rings (SSSR count). The van der Waals surface area contributed by atoms with Gasteiger partial charge in [0.05, 0.1) is 24.0 Å². The minimum absolute atomic E-state index is 0. The van der Waals surface area contributed by atoms with Crippen molar-refractivity contribution in [3.05, 3.63) is 59.7 Å². The molecule has 3 aromatic rings. The van der Waals surface area contributed by atoms with Crippen molar-refractivity contribution < 1.29 is 19.5 Å². The first-order valence-electron chi connectivity index (χ1n) is 11.6. The molecular weight excluding hydrogens is 470 g/mol.